The van der Waals surface area contributed by atoms with Crippen molar-refractivity contribution >= 4 is 23.4 Å². The summed E-state index contributed by atoms with van der Waals surface area (Å²) in [6.45, 7) is 0. The Bertz CT molecular complexity index is 321. The number of nitrogens with zero attached hydrogens (tertiary/aromatic N) is 2. The van der Waals surface area contributed by atoms with Gasteiger partial charge in [-0.3, -0.25) is 0 Å². The van der Waals surface area contributed by atoms with Gasteiger partial charge in [0.25, 0.3) is 0 Å². The van der Waals surface area contributed by atoms with E-state index in [4.69, 9.17) is 17.3 Å². The highest BCUT2D eigenvalue weighted by atomic mass is 35.5. The van der Waals surface area contributed by atoms with Crippen LogP contribution in [0, 0.1) is 0 Å². The van der Waals surface area contributed by atoms with E-state index < -0.39 is 0 Å². The Morgan fingerprint density at radius 1 is 1.54 bits per heavy atom. The number of aromatic nitrogens is 1. The molecule has 0 aliphatic rings. The van der Waals surface area contributed by atoms with Crippen molar-refractivity contribution in [1.29, 1.82) is 0 Å². The van der Waals surface area contributed by atoms with Gasteiger partial charge in [-0.25, -0.2) is 4.98 Å². The second-order valence-electron chi connectivity index (χ2n) is 2.92. The predicted octanol–water partition coefficient (Wildman–Crippen LogP) is 1.85. The quantitative estimate of drug-likeness (QED) is 0.736. The van der Waals surface area contributed by atoms with Gasteiger partial charge >= 0.3 is 0 Å². The fraction of sp³-hybridized carbons (Fsp3) is 0.222. The molecule has 0 radical (unpaired) electrons. The van der Waals surface area contributed by atoms with Crippen molar-refractivity contribution in [3.8, 4) is 0 Å². The van der Waals surface area contributed by atoms with Crippen LogP contribution in [0.1, 0.15) is 5.56 Å². The van der Waals surface area contributed by atoms with E-state index in [0.29, 0.717) is 10.8 Å². The molecule has 4 heteroatoms. The molecule has 0 fully saturated rings. The highest BCUT2D eigenvalue weighted by molar-refractivity contribution is 6.29. The number of halogens is 1. The molecule has 1 heterocycles. The van der Waals surface area contributed by atoms with Crippen LogP contribution in [0.25, 0.3) is 6.08 Å². The molecule has 0 saturated carbocycles. The SMILES string of the molecule is CN(C)/C=C/c1cc(Cl)ncc1N. The van der Waals surface area contributed by atoms with Gasteiger partial charge in [-0.15, -0.1) is 0 Å². The number of hydrogen-bond donors (Lipinski definition) is 1. The first-order valence-electron chi connectivity index (χ1n) is 3.85. The third kappa shape index (κ3) is 2.95. The summed E-state index contributed by atoms with van der Waals surface area (Å²) >= 11 is 5.72. The van der Waals surface area contributed by atoms with Crippen molar-refractivity contribution in [2.24, 2.45) is 0 Å². The summed E-state index contributed by atoms with van der Waals surface area (Å²) < 4.78 is 0. The van der Waals surface area contributed by atoms with Gasteiger partial charge < -0.3 is 10.6 Å². The fourth-order valence-corrected chi connectivity index (χ4v) is 0.995. The van der Waals surface area contributed by atoms with E-state index in [1.165, 1.54) is 0 Å². The maximum absolute atomic E-state index is 5.72. The second-order valence-corrected chi connectivity index (χ2v) is 3.30. The van der Waals surface area contributed by atoms with Gasteiger partial charge in [0.2, 0.25) is 0 Å². The molecule has 0 bridgehead atoms. The molecule has 0 unspecified atom stereocenters. The molecule has 0 aliphatic carbocycles. The molecule has 70 valence electrons. The normalized spacial score (nSPS) is 10.7. The van der Waals surface area contributed by atoms with E-state index >= 15 is 0 Å². The molecule has 0 amide bonds. The van der Waals surface area contributed by atoms with Crippen LogP contribution in [0.5, 0.6) is 0 Å². The summed E-state index contributed by atoms with van der Waals surface area (Å²) in [5, 5.41) is 0.451. The van der Waals surface area contributed by atoms with Gasteiger partial charge in [-0.05, 0) is 18.3 Å². The molecule has 3 nitrogen and oxygen atoms in total. The Morgan fingerprint density at radius 3 is 2.85 bits per heavy atom. The maximum Gasteiger partial charge on any atom is 0.129 e. The Morgan fingerprint density at radius 2 is 2.23 bits per heavy atom. The molecule has 0 aromatic carbocycles. The first-order valence-corrected chi connectivity index (χ1v) is 4.23. The topological polar surface area (TPSA) is 42.2 Å². The van der Waals surface area contributed by atoms with Crippen molar-refractivity contribution in [3.63, 3.8) is 0 Å². The lowest BCUT2D eigenvalue weighted by molar-refractivity contribution is 0.567. The molecule has 2 N–H and O–H groups in total. The van der Waals surface area contributed by atoms with Crippen LogP contribution < -0.4 is 5.73 Å². The zero-order valence-electron chi connectivity index (χ0n) is 7.66. The molecular weight excluding hydrogens is 186 g/mol. The minimum atomic E-state index is 0.451. The van der Waals surface area contributed by atoms with E-state index in [-0.39, 0.29) is 0 Å². The van der Waals surface area contributed by atoms with Crippen LogP contribution >= 0.6 is 11.6 Å². The lowest BCUT2D eigenvalue weighted by Crippen LogP contribution is -2.00. The summed E-state index contributed by atoms with van der Waals surface area (Å²) in [7, 11) is 3.88. The highest BCUT2D eigenvalue weighted by Crippen LogP contribution is 2.16. The second kappa shape index (κ2) is 4.14. The molecule has 0 aliphatic heterocycles. The van der Waals surface area contributed by atoms with Gasteiger partial charge in [0.05, 0.1) is 11.9 Å². The minimum absolute atomic E-state index is 0.451. The van der Waals surface area contributed by atoms with Crippen LogP contribution in [0.3, 0.4) is 0 Å². The molecule has 1 rings (SSSR count). The minimum Gasteiger partial charge on any atom is -0.397 e. The molecule has 1 aromatic heterocycles. The summed E-state index contributed by atoms with van der Waals surface area (Å²) in [6.07, 6.45) is 5.35. The van der Waals surface area contributed by atoms with E-state index in [1.54, 1.807) is 12.3 Å². The van der Waals surface area contributed by atoms with Crippen molar-refractivity contribution in [1.82, 2.24) is 9.88 Å². The van der Waals surface area contributed by atoms with Crippen molar-refractivity contribution in [3.05, 3.63) is 29.2 Å². The Balaban J connectivity index is 2.93. The molecular formula is C9H12ClN3. The average Bonchev–Trinajstić information content (AvgIpc) is 2.06. The zero-order valence-corrected chi connectivity index (χ0v) is 8.42. The Kier molecular flexibility index (Phi) is 3.14. The highest BCUT2D eigenvalue weighted by Gasteiger charge is 1.96. The Hall–Kier alpha value is -1.22. The van der Waals surface area contributed by atoms with Gasteiger partial charge in [0.15, 0.2) is 0 Å². The van der Waals surface area contributed by atoms with Crippen LogP contribution in [0.4, 0.5) is 5.69 Å². The van der Waals surface area contributed by atoms with E-state index in [1.807, 2.05) is 31.3 Å². The third-order valence-corrected chi connectivity index (χ3v) is 1.69. The van der Waals surface area contributed by atoms with Gasteiger partial charge in [-0.2, -0.15) is 0 Å². The number of nitrogen functional groups attached to an aromatic ring is 1. The predicted molar refractivity (Wildman–Crippen MR) is 56.4 cm³/mol. The molecule has 1 aromatic rings. The molecule has 0 atom stereocenters. The first kappa shape index (κ1) is 9.86. The van der Waals surface area contributed by atoms with Crippen LogP contribution in [0.15, 0.2) is 18.5 Å². The standard InChI is InChI=1S/C9H12ClN3/c1-13(2)4-3-7-5-9(10)12-6-8(7)11/h3-6H,11H2,1-2H3/b4-3+. The smallest absolute Gasteiger partial charge is 0.129 e. The lowest BCUT2D eigenvalue weighted by Gasteiger charge is -2.04. The number of pyridine rings is 1. The average molecular weight is 198 g/mol. The number of nitrogens with two attached hydrogens (primary N) is 1. The van der Waals surface area contributed by atoms with Crippen LogP contribution in [-0.2, 0) is 0 Å². The summed E-state index contributed by atoms with van der Waals surface area (Å²) in [4.78, 5) is 5.78. The van der Waals surface area contributed by atoms with Crippen molar-refractivity contribution < 1.29 is 0 Å². The largest absolute Gasteiger partial charge is 0.397 e. The van der Waals surface area contributed by atoms with Crippen molar-refractivity contribution in [2.75, 3.05) is 19.8 Å². The molecule has 13 heavy (non-hydrogen) atoms. The zero-order chi connectivity index (χ0) is 9.84. The maximum atomic E-state index is 5.72. The third-order valence-electron chi connectivity index (χ3n) is 1.49. The number of hydrogen-bond acceptors (Lipinski definition) is 3. The lowest BCUT2D eigenvalue weighted by atomic mass is 10.2. The first-order chi connectivity index (χ1) is 6.09. The summed E-state index contributed by atoms with van der Waals surface area (Å²) in [5.74, 6) is 0. The van der Waals surface area contributed by atoms with Gasteiger partial charge in [0.1, 0.15) is 5.15 Å². The van der Waals surface area contributed by atoms with Crippen LogP contribution in [-0.4, -0.2) is 24.0 Å². The van der Waals surface area contributed by atoms with E-state index in [0.717, 1.165) is 5.56 Å². The monoisotopic (exact) mass is 197 g/mol. The van der Waals surface area contributed by atoms with Crippen molar-refractivity contribution in [2.45, 2.75) is 0 Å². The van der Waals surface area contributed by atoms with E-state index in [9.17, 15) is 0 Å². The van der Waals surface area contributed by atoms with Crippen LogP contribution in [0.2, 0.25) is 5.15 Å². The van der Waals surface area contributed by atoms with E-state index in [2.05, 4.69) is 4.98 Å². The summed E-state index contributed by atoms with van der Waals surface area (Å²) in [5.41, 5.74) is 7.20. The fourth-order valence-electron chi connectivity index (χ4n) is 0.828. The summed E-state index contributed by atoms with van der Waals surface area (Å²) in [6, 6.07) is 1.73. The number of anilines is 1. The number of rotatable bonds is 2. The Labute approximate surface area is 82.8 Å². The molecule has 0 spiro atoms. The molecule has 0 saturated heterocycles. The van der Waals surface area contributed by atoms with Gasteiger partial charge in [-0.1, -0.05) is 11.6 Å². The van der Waals surface area contributed by atoms with Gasteiger partial charge in [0, 0.05) is 19.7 Å².